The van der Waals surface area contributed by atoms with E-state index < -0.39 is 33.6 Å². The van der Waals surface area contributed by atoms with Crippen molar-refractivity contribution < 1.29 is 19.7 Å². The van der Waals surface area contributed by atoms with Crippen LogP contribution in [0, 0.1) is 20.2 Å². The SMILES string of the molecule is O=C(CCO)c1cc([N+](=O)[O-])cc([N+](=O)[O-])c1. The van der Waals surface area contributed by atoms with Crippen molar-refractivity contribution in [1.82, 2.24) is 0 Å². The summed E-state index contributed by atoms with van der Waals surface area (Å²) in [5.41, 5.74) is -1.21. The monoisotopic (exact) mass is 240 g/mol. The van der Waals surface area contributed by atoms with Gasteiger partial charge in [-0.05, 0) is 0 Å². The van der Waals surface area contributed by atoms with E-state index in [-0.39, 0.29) is 12.0 Å². The van der Waals surface area contributed by atoms with Crippen molar-refractivity contribution in [1.29, 1.82) is 0 Å². The van der Waals surface area contributed by atoms with Crippen LogP contribution in [0.2, 0.25) is 0 Å². The molecule has 0 unspecified atom stereocenters. The van der Waals surface area contributed by atoms with Crippen LogP contribution in [0.4, 0.5) is 11.4 Å². The van der Waals surface area contributed by atoms with Gasteiger partial charge >= 0.3 is 0 Å². The number of carbonyl (C=O) groups is 1. The van der Waals surface area contributed by atoms with Gasteiger partial charge in [0, 0.05) is 24.1 Å². The van der Waals surface area contributed by atoms with Gasteiger partial charge in [-0.3, -0.25) is 25.0 Å². The second-order valence-electron chi connectivity index (χ2n) is 3.15. The van der Waals surface area contributed by atoms with Crippen molar-refractivity contribution in [2.45, 2.75) is 6.42 Å². The number of nitro benzene ring substituents is 2. The molecular formula is C9H8N2O6. The third-order valence-electron chi connectivity index (χ3n) is 1.99. The number of benzene rings is 1. The minimum Gasteiger partial charge on any atom is -0.396 e. The van der Waals surface area contributed by atoms with E-state index in [2.05, 4.69) is 0 Å². The molecule has 8 nitrogen and oxygen atoms in total. The predicted molar refractivity (Wildman–Crippen MR) is 55.8 cm³/mol. The number of aliphatic hydroxyl groups excluding tert-OH is 1. The van der Waals surface area contributed by atoms with Gasteiger partial charge in [0.2, 0.25) is 0 Å². The Hall–Kier alpha value is -2.35. The van der Waals surface area contributed by atoms with Crippen LogP contribution in [0.15, 0.2) is 18.2 Å². The lowest BCUT2D eigenvalue weighted by Crippen LogP contribution is -2.04. The maximum absolute atomic E-state index is 11.4. The summed E-state index contributed by atoms with van der Waals surface area (Å²) in [6, 6.07) is 2.67. The summed E-state index contributed by atoms with van der Waals surface area (Å²) >= 11 is 0. The zero-order valence-corrected chi connectivity index (χ0v) is 8.53. The van der Waals surface area contributed by atoms with Gasteiger partial charge in [0.15, 0.2) is 5.78 Å². The maximum Gasteiger partial charge on any atom is 0.277 e. The van der Waals surface area contributed by atoms with Gasteiger partial charge in [0.25, 0.3) is 11.4 Å². The van der Waals surface area contributed by atoms with E-state index in [1.165, 1.54) is 0 Å². The molecule has 1 rings (SSSR count). The van der Waals surface area contributed by atoms with E-state index in [0.717, 1.165) is 18.2 Å². The molecular weight excluding hydrogens is 232 g/mol. The molecule has 0 aromatic heterocycles. The Balaban J connectivity index is 3.26. The number of non-ortho nitro benzene ring substituents is 2. The second kappa shape index (κ2) is 5.12. The molecule has 1 N–H and O–H groups in total. The normalized spacial score (nSPS) is 9.94. The molecule has 90 valence electrons. The number of ketones is 1. The van der Waals surface area contributed by atoms with Crippen LogP contribution in [0.1, 0.15) is 16.8 Å². The number of carbonyl (C=O) groups excluding carboxylic acids is 1. The Kier molecular flexibility index (Phi) is 3.83. The lowest BCUT2D eigenvalue weighted by molar-refractivity contribution is -0.394. The Labute approximate surface area is 94.8 Å². The summed E-state index contributed by atoms with van der Waals surface area (Å²) in [6.45, 7) is -0.421. The van der Waals surface area contributed by atoms with Crippen molar-refractivity contribution in [3.63, 3.8) is 0 Å². The van der Waals surface area contributed by atoms with Crippen molar-refractivity contribution in [2.75, 3.05) is 6.61 Å². The van der Waals surface area contributed by atoms with Gasteiger partial charge in [-0.1, -0.05) is 0 Å². The molecule has 1 aromatic rings. The van der Waals surface area contributed by atoms with Gasteiger partial charge < -0.3 is 5.11 Å². The first-order valence-corrected chi connectivity index (χ1v) is 4.53. The lowest BCUT2D eigenvalue weighted by atomic mass is 10.1. The van der Waals surface area contributed by atoms with Gasteiger partial charge in [0.05, 0.1) is 22.5 Å². The Bertz CT molecular complexity index is 452. The lowest BCUT2D eigenvalue weighted by Gasteiger charge is -1.99. The van der Waals surface area contributed by atoms with Crippen LogP contribution in [-0.4, -0.2) is 27.3 Å². The summed E-state index contributed by atoms with van der Waals surface area (Å²) in [6.07, 6.45) is -0.238. The van der Waals surface area contributed by atoms with Crippen molar-refractivity contribution in [3.8, 4) is 0 Å². The fourth-order valence-corrected chi connectivity index (χ4v) is 1.21. The highest BCUT2D eigenvalue weighted by atomic mass is 16.6. The third kappa shape index (κ3) is 3.05. The largest absolute Gasteiger partial charge is 0.396 e. The predicted octanol–water partition coefficient (Wildman–Crippen LogP) is 1.07. The average molecular weight is 240 g/mol. The summed E-state index contributed by atoms with van der Waals surface area (Å²) in [5, 5.41) is 29.6. The number of hydrogen-bond donors (Lipinski definition) is 1. The highest BCUT2D eigenvalue weighted by molar-refractivity contribution is 5.97. The molecule has 0 aliphatic rings. The van der Waals surface area contributed by atoms with E-state index in [0.29, 0.717) is 0 Å². The molecule has 0 bridgehead atoms. The first kappa shape index (κ1) is 12.7. The van der Waals surface area contributed by atoms with Crippen LogP contribution in [0.3, 0.4) is 0 Å². The zero-order valence-electron chi connectivity index (χ0n) is 8.53. The smallest absolute Gasteiger partial charge is 0.277 e. The number of nitro groups is 2. The molecule has 0 heterocycles. The topological polar surface area (TPSA) is 124 Å². The van der Waals surface area contributed by atoms with Crippen LogP contribution < -0.4 is 0 Å². The van der Waals surface area contributed by atoms with E-state index in [9.17, 15) is 25.0 Å². The zero-order chi connectivity index (χ0) is 13.0. The van der Waals surface area contributed by atoms with Gasteiger partial charge in [0.1, 0.15) is 0 Å². The highest BCUT2D eigenvalue weighted by Gasteiger charge is 2.19. The second-order valence-corrected chi connectivity index (χ2v) is 3.15. The highest BCUT2D eigenvalue weighted by Crippen LogP contribution is 2.23. The number of Topliss-reactive ketones (excluding diaryl/α,β-unsaturated/α-hetero) is 1. The van der Waals surface area contributed by atoms with Crippen LogP contribution in [-0.2, 0) is 0 Å². The Morgan fingerprint density at radius 3 is 1.94 bits per heavy atom. The first-order chi connectivity index (χ1) is 7.95. The Morgan fingerprint density at radius 2 is 1.59 bits per heavy atom. The van der Waals surface area contributed by atoms with Crippen molar-refractivity contribution >= 4 is 17.2 Å². The molecule has 17 heavy (non-hydrogen) atoms. The first-order valence-electron chi connectivity index (χ1n) is 4.53. The van der Waals surface area contributed by atoms with E-state index in [1.807, 2.05) is 0 Å². The molecule has 0 amide bonds. The van der Waals surface area contributed by atoms with Crippen molar-refractivity contribution in [3.05, 3.63) is 44.0 Å². The minimum absolute atomic E-state index is 0.153. The van der Waals surface area contributed by atoms with E-state index >= 15 is 0 Å². The summed E-state index contributed by atoms with van der Waals surface area (Å²) in [5.74, 6) is -0.584. The standard InChI is InChI=1S/C9H8N2O6/c12-2-1-9(13)6-3-7(10(14)15)5-8(4-6)11(16)17/h3-5,12H,1-2H2. The minimum atomic E-state index is -0.817. The maximum atomic E-state index is 11.4. The number of hydrogen-bond acceptors (Lipinski definition) is 6. The van der Waals surface area contributed by atoms with E-state index in [4.69, 9.17) is 5.11 Å². The molecule has 0 saturated carbocycles. The van der Waals surface area contributed by atoms with Gasteiger partial charge in [-0.25, -0.2) is 0 Å². The Morgan fingerprint density at radius 1 is 1.12 bits per heavy atom. The van der Waals surface area contributed by atoms with Crippen LogP contribution in [0.25, 0.3) is 0 Å². The number of nitrogens with zero attached hydrogens (tertiary/aromatic N) is 2. The molecule has 0 spiro atoms. The summed E-state index contributed by atoms with van der Waals surface area (Å²) in [7, 11) is 0. The van der Waals surface area contributed by atoms with Crippen LogP contribution in [0.5, 0.6) is 0 Å². The van der Waals surface area contributed by atoms with Crippen molar-refractivity contribution in [2.24, 2.45) is 0 Å². The third-order valence-corrected chi connectivity index (χ3v) is 1.99. The quantitative estimate of drug-likeness (QED) is 0.466. The summed E-state index contributed by atoms with van der Waals surface area (Å²) in [4.78, 5) is 30.8. The van der Waals surface area contributed by atoms with Gasteiger partial charge in [-0.15, -0.1) is 0 Å². The number of rotatable bonds is 5. The fourth-order valence-electron chi connectivity index (χ4n) is 1.21. The fraction of sp³-hybridized carbons (Fsp3) is 0.222. The molecule has 8 heteroatoms. The van der Waals surface area contributed by atoms with Gasteiger partial charge in [-0.2, -0.15) is 0 Å². The molecule has 0 saturated heterocycles. The molecule has 0 radical (unpaired) electrons. The molecule has 0 aliphatic carbocycles. The molecule has 0 fully saturated rings. The molecule has 1 aromatic carbocycles. The summed E-state index contributed by atoms with van der Waals surface area (Å²) < 4.78 is 0. The number of aliphatic hydroxyl groups is 1. The van der Waals surface area contributed by atoms with Crippen LogP contribution >= 0.6 is 0 Å². The average Bonchev–Trinajstić information content (AvgIpc) is 2.28. The van der Waals surface area contributed by atoms with E-state index in [1.54, 1.807) is 0 Å². The molecule has 0 aliphatic heterocycles. The molecule has 0 atom stereocenters.